The van der Waals surface area contributed by atoms with Crippen molar-refractivity contribution in [1.29, 1.82) is 0 Å². The van der Waals surface area contributed by atoms with Crippen molar-refractivity contribution < 1.29 is 17.9 Å². The predicted molar refractivity (Wildman–Crippen MR) is 83.4 cm³/mol. The summed E-state index contributed by atoms with van der Waals surface area (Å²) in [5, 5.41) is 5.49. The van der Waals surface area contributed by atoms with Gasteiger partial charge in [-0.3, -0.25) is 0 Å². The topological polar surface area (TPSA) is 86.5 Å². The summed E-state index contributed by atoms with van der Waals surface area (Å²) in [6.45, 7) is 0.00667. The summed E-state index contributed by atoms with van der Waals surface area (Å²) < 4.78 is 27.8. The van der Waals surface area contributed by atoms with Crippen LogP contribution in [-0.4, -0.2) is 14.4 Å². The summed E-state index contributed by atoms with van der Waals surface area (Å²) in [6.07, 6.45) is 0. The first-order chi connectivity index (χ1) is 10.3. The van der Waals surface area contributed by atoms with Gasteiger partial charge in [-0.2, -0.15) is 0 Å². The Bertz CT molecular complexity index is 821. The van der Waals surface area contributed by atoms with Crippen LogP contribution in [0.2, 0.25) is 10.0 Å². The summed E-state index contributed by atoms with van der Waals surface area (Å²) in [6, 6.07) is 10.5. The number of sulfonamides is 1. The van der Waals surface area contributed by atoms with Crippen LogP contribution in [0.4, 0.5) is 0 Å². The maximum Gasteiger partial charge on any atom is 0.338 e. The molecule has 0 spiro atoms. The Morgan fingerprint density at radius 3 is 2.50 bits per heavy atom. The van der Waals surface area contributed by atoms with Gasteiger partial charge in [0.1, 0.15) is 11.5 Å². The van der Waals surface area contributed by atoms with Crippen LogP contribution in [-0.2, 0) is 21.4 Å². The predicted octanol–water partition coefficient (Wildman–Crippen LogP) is 3.00. The molecule has 22 heavy (non-hydrogen) atoms. The van der Waals surface area contributed by atoms with Crippen LogP contribution in [0.3, 0.4) is 0 Å². The SMILES string of the molecule is NS(=O)(=O)c1cc(C(=O)OCc2cccc(Cl)c2)ccc1Cl. The fourth-order valence-electron chi connectivity index (χ4n) is 1.71. The Hall–Kier alpha value is -1.60. The summed E-state index contributed by atoms with van der Waals surface area (Å²) in [7, 11) is -4.02. The second-order valence-corrected chi connectivity index (χ2v) is 6.77. The third-order valence-electron chi connectivity index (χ3n) is 2.73. The van der Waals surface area contributed by atoms with Crippen molar-refractivity contribution in [3.05, 3.63) is 63.6 Å². The molecule has 5 nitrogen and oxygen atoms in total. The minimum Gasteiger partial charge on any atom is -0.457 e. The van der Waals surface area contributed by atoms with E-state index in [9.17, 15) is 13.2 Å². The second-order valence-electron chi connectivity index (χ2n) is 4.40. The number of carbonyl (C=O) groups is 1. The number of ether oxygens (including phenoxy) is 1. The summed E-state index contributed by atoms with van der Waals surface area (Å²) in [5.41, 5.74) is 0.747. The quantitative estimate of drug-likeness (QED) is 0.850. The zero-order valence-corrected chi connectivity index (χ0v) is 13.5. The molecule has 0 heterocycles. The van der Waals surface area contributed by atoms with Gasteiger partial charge in [0.05, 0.1) is 10.6 Å². The minimum absolute atomic E-state index is 0.00667. The molecule has 2 aromatic rings. The van der Waals surface area contributed by atoms with E-state index in [0.717, 1.165) is 6.07 Å². The van der Waals surface area contributed by atoms with Crippen LogP contribution in [0.5, 0.6) is 0 Å². The molecular formula is C14H11Cl2NO4S. The van der Waals surface area contributed by atoms with Crippen LogP contribution in [0.15, 0.2) is 47.4 Å². The van der Waals surface area contributed by atoms with Crippen LogP contribution in [0.1, 0.15) is 15.9 Å². The fourth-order valence-corrected chi connectivity index (χ4v) is 2.99. The number of hydrogen-bond acceptors (Lipinski definition) is 4. The summed E-state index contributed by atoms with van der Waals surface area (Å²) in [4.78, 5) is 11.6. The lowest BCUT2D eigenvalue weighted by molar-refractivity contribution is 0.0472. The highest BCUT2D eigenvalue weighted by molar-refractivity contribution is 7.89. The molecule has 0 aliphatic carbocycles. The fraction of sp³-hybridized carbons (Fsp3) is 0.0714. The minimum atomic E-state index is -4.02. The van der Waals surface area contributed by atoms with Crippen molar-refractivity contribution in [2.45, 2.75) is 11.5 Å². The first-order valence-corrected chi connectivity index (χ1v) is 8.31. The molecule has 0 saturated heterocycles. The standard InChI is InChI=1S/C14H11Cl2NO4S/c15-11-3-1-2-9(6-11)8-21-14(18)10-4-5-12(16)13(7-10)22(17,19)20/h1-7H,8H2,(H2,17,19,20). The van der Waals surface area contributed by atoms with E-state index in [0.29, 0.717) is 10.6 Å². The molecule has 0 atom stereocenters. The number of benzene rings is 2. The van der Waals surface area contributed by atoms with Gasteiger partial charge in [0.15, 0.2) is 0 Å². The molecular weight excluding hydrogens is 349 g/mol. The van der Waals surface area contributed by atoms with Gasteiger partial charge >= 0.3 is 5.97 Å². The van der Waals surface area contributed by atoms with Crippen LogP contribution < -0.4 is 5.14 Å². The lowest BCUT2D eigenvalue weighted by atomic mass is 10.2. The molecule has 8 heteroatoms. The van der Waals surface area contributed by atoms with E-state index in [2.05, 4.69) is 0 Å². The molecule has 0 saturated carbocycles. The average Bonchev–Trinajstić information content (AvgIpc) is 2.44. The van der Waals surface area contributed by atoms with E-state index in [1.807, 2.05) is 0 Å². The van der Waals surface area contributed by atoms with Crippen LogP contribution in [0.25, 0.3) is 0 Å². The van der Waals surface area contributed by atoms with Crippen LogP contribution in [0, 0.1) is 0 Å². The summed E-state index contributed by atoms with van der Waals surface area (Å²) in [5.74, 6) is -0.693. The van der Waals surface area contributed by atoms with Crippen molar-refractivity contribution in [2.75, 3.05) is 0 Å². The van der Waals surface area contributed by atoms with E-state index >= 15 is 0 Å². The van der Waals surface area contributed by atoms with Gasteiger partial charge in [0.25, 0.3) is 0 Å². The third-order valence-corrected chi connectivity index (χ3v) is 4.36. The Kier molecular flexibility index (Phi) is 5.08. The molecule has 2 aromatic carbocycles. The first kappa shape index (κ1) is 16.8. The van der Waals surface area contributed by atoms with E-state index in [1.54, 1.807) is 24.3 Å². The summed E-state index contributed by atoms with van der Waals surface area (Å²) >= 11 is 11.6. The van der Waals surface area contributed by atoms with Crippen molar-refractivity contribution in [3.63, 3.8) is 0 Å². The lowest BCUT2D eigenvalue weighted by Crippen LogP contribution is -2.14. The Morgan fingerprint density at radius 2 is 1.86 bits per heavy atom. The highest BCUT2D eigenvalue weighted by Crippen LogP contribution is 2.22. The highest BCUT2D eigenvalue weighted by atomic mass is 35.5. The maximum atomic E-state index is 12.0. The maximum absolute atomic E-state index is 12.0. The van der Waals surface area contributed by atoms with Crippen molar-refractivity contribution >= 4 is 39.2 Å². The van der Waals surface area contributed by atoms with Gasteiger partial charge in [-0.15, -0.1) is 0 Å². The number of nitrogens with two attached hydrogens (primary N) is 1. The molecule has 0 bridgehead atoms. The van der Waals surface area contributed by atoms with Gasteiger partial charge in [0, 0.05) is 5.02 Å². The molecule has 2 rings (SSSR count). The number of primary sulfonamides is 1. The molecule has 0 fully saturated rings. The van der Waals surface area contributed by atoms with E-state index in [1.165, 1.54) is 12.1 Å². The first-order valence-electron chi connectivity index (χ1n) is 6.01. The highest BCUT2D eigenvalue weighted by Gasteiger charge is 2.17. The molecule has 0 radical (unpaired) electrons. The Balaban J connectivity index is 2.17. The smallest absolute Gasteiger partial charge is 0.338 e. The van der Waals surface area contributed by atoms with E-state index in [4.69, 9.17) is 33.1 Å². The molecule has 0 aliphatic heterocycles. The Labute approximate surface area is 137 Å². The molecule has 2 N–H and O–H groups in total. The monoisotopic (exact) mass is 359 g/mol. The lowest BCUT2D eigenvalue weighted by Gasteiger charge is -2.07. The molecule has 0 unspecified atom stereocenters. The second kappa shape index (κ2) is 6.66. The number of esters is 1. The Morgan fingerprint density at radius 1 is 1.14 bits per heavy atom. The average molecular weight is 360 g/mol. The molecule has 0 amide bonds. The van der Waals surface area contributed by atoms with Crippen molar-refractivity contribution in [3.8, 4) is 0 Å². The number of rotatable bonds is 4. The normalized spacial score (nSPS) is 11.2. The largest absolute Gasteiger partial charge is 0.457 e. The zero-order chi connectivity index (χ0) is 16.3. The molecule has 0 aliphatic rings. The van der Waals surface area contributed by atoms with Gasteiger partial charge in [0.2, 0.25) is 10.0 Å². The van der Waals surface area contributed by atoms with Crippen molar-refractivity contribution in [2.24, 2.45) is 5.14 Å². The van der Waals surface area contributed by atoms with E-state index < -0.39 is 16.0 Å². The zero-order valence-electron chi connectivity index (χ0n) is 11.1. The van der Waals surface area contributed by atoms with Gasteiger partial charge in [-0.1, -0.05) is 35.3 Å². The molecule has 116 valence electrons. The van der Waals surface area contributed by atoms with Gasteiger partial charge < -0.3 is 4.74 Å². The third kappa shape index (κ3) is 4.20. The number of hydrogen-bond donors (Lipinski definition) is 1. The van der Waals surface area contributed by atoms with Crippen LogP contribution >= 0.6 is 23.2 Å². The van der Waals surface area contributed by atoms with Gasteiger partial charge in [-0.05, 0) is 35.9 Å². The number of halogens is 2. The number of carbonyl (C=O) groups excluding carboxylic acids is 1. The van der Waals surface area contributed by atoms with E-state index in [-0.39, 0.29) is 22.1 Å². The van der Waals surface area contributed by atoms with Gasteiger partial charge in [-0.25, -0.2) is 18.4 Å². The molecule has 0 aromatic heterocycles. The van der Waals surface area contributed by atoms with Crippen molar-refractivity contribution in [1.82, 2.24) is 0 Å².